The van der Waals surface area contributed by atoms with Crippen LogP contribution in [0.15, 0.2) is 47.6 Å². The largest absolute Gasteiger partial charge is 0.335 e. The number of carbonyl (C=O) groups excluding carboxylic acids is 2. The average Bonchev–Trinajstić information content (AvgIpc) is 2.84. The molecule has 0 spiro atoms. The monoisotopic (exact) mass is 467 g/mol. The number of oxime groups is 1. The Morgan fingerprint density at radius 3 is 2.26 bits per heavy atom. The van der Waals surface area contributed by atoms with Gasteiger partial charge in [0.05, 0.1) is 21.5 Å². The van der Waals surface area contributed by atoms with Crippen LogP contribution < -0.4 is 0 Å². The number of carbonyl (C=O) groups is 2. The summed E-state index contributed by atoms with van der Waals surface area (Å²) in [4.78, 5) is 51.1. The minimum Gasteiger partial charge on any atom is -0.318 e. The van der Waals surface area contributed by atoms with Crippen LogP contribution in [-0.4, -0.2) is 27.3 Å². The molecule has 1 aliphatic carbocycles. The SMILES string of the molecule is CCCC(=O)O/N=C(\C(=O)c1ccc(-c2ccc([N+](=O)[O-])cc2[N+](=O)[O-])cc1)C1CCCCC1. The maximum absolute atomic E-state index is 13.3. The zero-order chi connectivity index (χ0) is 24.7. The molecule has 0 N–H and O–H groups in total. The second kappa shape index (κ2) is 11.3. The highest BCUT2D eigenvalue weighted by atomic mass is 16.7. The molecule has 0 bridgehead atoms. The Balaban J connectivity index is 1.90. The first-order chi connectivity index (χ1) is 16.3. The lowest BCUT2D eigenvalue weighted by atomic mass is 9.83. The van der Waals surface area contributed by atoms with Crippen molar-refractivity contribution in [2.24, 2.45) is 11.1 Å². The average molecular weight is 467 g/mol. The summed E-state index contributed by atoms with van der Waals surface area (Å²) in [5, 5.41) is 26.4. The van der Waals surface area contributed by atoms with Crippen LogP contribution in [0.25, 0.3) is 11.1 Å². The van der Waals surface area contributed by atoms with Gasteiger partial charge in [0.2, 0.25) is 5.78 Å². The molecule has 0 aliphatic heterocycles. The molecule has 0 atom stereocenters. The highest BCUT2D eigenvalue weighted by Crippen LogP contribution is 2.33. The van der Waals surface area contributed by atoms with Crippen molar-refractivity contribution < 1.29 is 24.3 Å². The molecule has 34 heavy (non-hydrogen) atoms. The molecule has 0 saturated heterocycles. The zero-order valence-electron chi connectivity index (χ0n) is 18.8. The predicted molar refractivity (Wildman–Crippen MR) is 125 cm³/mol. The van der Waals surface area contributed by atoms with E-state index in [0.29, 0.717) is 17.5 Å². The Bertz CT molecular complexity index is 1120. The number of hydrogen-bond acceptors (Lipinski definition) is 8. The molecule has 10 heteroatoms. The van der Waals surface area contributed by atoms with Crippen LogP contribution in [0.3, 0.4) is 0 Å². The van der Waals surface area contributed by atoms with Gasteiger partial charge in [-0.1, -0.05) is 55.6 Å². The summed E-state index contributed by atoms with van der Waals surface area (Å²) in [6.07, 6.45) is 5.38. The maximum Gasteiger partial charge on any atom is 0.335 e. The lowest BCUT2D eigenvalue weighted by Gasteiger charge is -2.22. The standard InChI is InChI=1S/C24H25N3O7/c1-2-6-22(28)34-25-23(17-7-4-3-5-8-17)24(29)18-11-9-16(10-12-18)20-14-13-19(26(30)31)15-21(20)27(32)33/h9-15,17H,2-8H2,1H3/b25-23-. The van der Waals surface area contributed by atoms with Gasteiger partial charge in [-0.05, 0) is 30.9 Å². The van der Waals surface area contributed by atoms with Gasteiger partial charge in [0.25, 0.3) is 11.4 Å². The number of non-ortho nitro benzene ring substituents is 1. The molecule has 1 saturated carbocycles. The van der Waals surface area contributed by atoms with Crippen molar-refractivity contribution in [2.75, 3.05) is 0 Å². The first kappa shape index (κ1) is 24.7. The number of nitro benzene ring substituents is 2. The number of ketones is 1. The Kier molecular flexibility index (Phi) is 8.18. The van der Waals surface area contributed by atoms with Gasteiger partial charge in [0.15, 0.2) is 0 Å². The third kappa shape index (κ3) is 5.89. The lowest BCUT2D eigenvalue weighted by Crippen LogP contribution is -2.27. The molecule has 2 aromatic rings. The van der Waals surface area contributed by atoms with E-state index in [9.17, 15) is 29.8 Å². The summed E-state index contributed by atoms with van der Waals surface area (Å²) >= 11 is 0. The summed E-state index contributed by atoms with van der Waals surface area (Å²) in [5.41, 5.74) is 0.365. The summed E-state index contributed by atoms with van der Waals surface area (Å²) < 4.78 is 0. The molecular formula is C24H25N3O7. The molecule has 178 valence electrons. The van der Waals surface area contributed by atoms with E-state index >= 15 is 0 Å². The van der Waals surface area contributed by atoms with Crippen LogP contribution in [0.4, 0.5) is 11.4 Å². The Hall–Kier alpha value is -3.95. The lowest BCUT2D eigenvalue weighted by molar-refractivity contribution is -0.393. The molecule has 2 aromatic carbocycles. The van der Waals surface area contributed by atoms with Crippen LogP contribution >= 0.6 is 0 Å². The van der Waals surface area contributed by atoms with Crippen LogP contribution in [0, 0.1) is 26.1 Å². The topological polar surface area (TPSA) is 142 Å². The fourth-order valence-electron chi connectivity index (χ4n) is 4.01. The summed E-state index contributed by atoms with van der Waals surface area (Å²) in [6.45, 7) is 1.84. The van der Waals surface area contributed by atoms with Gasteiger partial charge in [-0.2, -0.15) is 0 Å². The van der Waals surface area contributed by atoms with Gasteiger partial charge in [0, 0.05) is 24.0 Å². The Morgan fingerprint density at radius 2 is 1.68 bits per heavy atom. The van der Waals surface area contributed by atoms with Crippen molar-refractivity contribution >= 4 is 28.8 Å². The van der Waals surface area contributed by atoms with E-state index in [0.717, 1.165) is 38.2 Å². The second-order valence-corrected chi connectivity index (χ2v) is 8.15. The first-order valence-corrected chi connectivity index (χ1v) is 11.2. The van der Waals surface area contributed by atoms with Crippen molar-refractivity contribution in [3.8, 4) is 11.1 Å². The van der Waals surface area contributed by atoms with E-state index < -0.39 is 21.5 Å². The number of Topliss-reactive ketones (excluding diaryl/α,β-unsaturated/α-hetero) is 1. The molecule has 3 rings (SSSR count). The third-order valence-corrected chi connectivity index (χ3v) is 5.77. The minimum absolute atomic E-state index is 0.105. The summed E-state index contributed by atoms with van der Waals surface area (Å²) in [5.74, 6) is -0.962. The normalized spacial score (nSPS) is 14.4. The van der Waals surface area contributed by atoms with E-state index in [1.54, 1.807) is 12.1 Å². The number of hydrogen-bond donors (Lipinski definition) is 0. The minimum atomic E-state index is -0.696. The van der Waals surface area contributed by atoms with Crippen LogP contribution in [-0.2, 0) is 9.63 Å². The molecule has 0 unspecified atom stereocenters. The second-order valence-electron chi connectivity index (χ2n) is 8.15. The predicted octanol–water partition coefficient (Wildman–Crippen LogP) is 5.63. The van der Waals surface area contributed by atoms with Crippen molar-refractivity contribution in [3.05, 3.63) is 68.3 Å². The molecule has 0 heterocycles. The van der Waals surface area contributed by atoms with Gasteiger partial charge in [-0.25, -0.2) is 4.79 Å². The molecular weight excluding hydrogens is 442 g/mol. The quantitative estimate of drug-likeness (QED) is 0.153. The third-order valence-electron chi connectivity index (χ3n) is 5.77. The van der Waals surface area contributed by atoms with Gasteiger partial charge >= 0.3 is 5.97 Å². The molecule has 1 fully saturated rings. The highest BCUT2D eigenvalue weighted by Gasteiger charge is 2.27. The summed E-state index contributed by atoms with van der Waals surface area (Å²) in [6, 6.07) is 9.55. The Labute approximate surface area is 195 Å². The van der Waals surface area contributed by atoms with Gasteiger partial charge in [-0.3, -0.25) is 25.0 Å². The fourth-order valence-corrected chi connectivity index (χ4v) is 4.01. The fraction of sp³-hybridized carbons (Fsp3) is 0.375. The summed E-state index contributed by atoms with van der Waals surface area (Å²) in [7, 11) is 0. The smallest absolute Gasteiger partial charge is 0.318 e. The first-order valence-electron chi connectivity index (χ1n) is 11.2. The molecule has 0 radical (unpaired) electrons. The maximum atomic E-state index is 13.3. The number of nitrogens with zero attached hydrogens (tertiary/aromatic N) is 3. The van der Waals surface area contributed by atoms with E-state index in [4.69, 9.17) is 4.84 Å². The Morgan fingerprint density at radius 1 is 1.00 bits per heavy atom. The highest BCUT2D eigenvalue weighted by molar-refractivity contribution is 6.46. The van der Waals surface area contributed by atoms with Crippen molar-refractivity contribution in [1.82, 2.24) is 0 Å². The number of nitro groups is 2. The molecule has 0 amide bonds. The van der Waals surface area contributed by atoms with E-state index in [2.05, 4.69) is 5.16 Å². The molecule has 0 aromatic heterocycles. The molecule has 10 nitrogen and oxygen atoms in total. The number of benzene rings is 2. The van der Waals surface area contributed by atoms with Crippen LogP contribution in [0.2, 0.25) is 0 Å². The van der Waals surface area contributed by atoms with Crippen molar-refractivity contribution in [3.63, 3.8) is 0 Å². The van der Waals surface area contributed by atoms with Crippen molar-refractivity contribution in [2.45, 2.75) is 51.9 Å². The van der Waals surface area contributed by atoms with E-state index in [1.807, 2.05) is 6.92 Å². The van der Waals surface area contributed by atoms with Crippen LogP contribution in [0.5, 0.6) is 0 Å². The van der Waals surface area contributed by atoms with Crippen molar-refractivity contribution in [1.29, 1.82) is 0 Å². The van der Waals surface area contributed by atoms with Gasteiger partial charge in [-0.15, -0.1) is 0 Å². The van der Waals surface area contributed by atoms with E-state index in [-0.39, 0.29) is 35.1 Å². The molecule has 1 aliphatic rings. The van der Waals surface area contributed by atoms with Crippen LogP contribution in [0.1, 0.15) is 62.2 Å². The van der Waals surface area contributed by atoms with Gasteiger partial charge < -0.3 is 4.84 Å². The van der Waals surface area contributed by atoms with E-state index in [1.165, 1.54) is 24.3 Å². The number of rotatable bonds is 9. The van der Waals surface area contributed by atoms with Gasteiger partial charge in [0.1, 0.15) is 5.71 Å². The zero-order valence-corrected chi connectivity index (χ0v) is 18.8.